The first-order valence-electron chi connectivity index (χ1n) is 6.21. The number of aromatic nitrogens is 1. The van der Waals surface area contributed by atoms with Gasteiger partial charge in [0.2, 0.25) is 10.0 Å². The molecule has 0 saturated carbocycles. The third-order valence-corrected chi connectivity index (χ3v) is 4.82. The minimum Gasteiger partial charge on any atom is -0.379 e. The summed E-state index contributed by atoms with van der Waals surface area (Å²) in [5.74, 6) is 0. The molecule has 0 aliphatic carbocycles. The SMILES string of the molecule is CC(C)NS(=O)(=O)c1ccc(NCc2cscn2)cc1. The lowest BCUT2D eigenvalue weighted by atomic mass is 10.3. The summed E-state index contributed by atoms with van der Waals surface area (Å²) in [4.78, 5) is 4.44. The maximum Gasteiger partial charge on any atom is 0.240 e. The van der Waals surface area contributed by atoms with Crippen molar-refractivity contribution < 1.29 is 8.42 Å². The molecule has 0 bridgehead atoms. The summed E-state index contributed by atoms with van der Waals surface area (Å²) >= 11 is 1.55. The van der Waals surface area contributed by atoms with Gasteiger partial charge in [-0.3, -0.25) is 0 Å². The molecule has 20 heavy (non-hydrogen) atoms. The zero-order chi connectivity index (χ0) is 14.6. The normalized spacial score (nSPS) is 11.8. The van der Waals surface area contributed by atoms with E-state index in [-0.39, 0.29) is 10.9 Å². The number of hydrogen-bond donors (Lipinski definition) is 2. The fraction of sp³-hybridized carbons (Fsp3) is 0.308. The third kappa shape index (κ3) is 4.03. The van der Waals surface area contributed by atoms with E-state index in [2.05, 4.69) is 15.0 Å². The average Bonchev–Trinajstić information content (AvgIpc) is 2.88. The second kappa shape index (κ2) is 6.34. The van der Waals surface area contributed by atoms with Crippen LogP contribution < -0.4 is 10.0 Å². The minimum atomic E-state index is -3.42. The number of sulfonamides is 1. The summed E-state index contributed by atoms with van der Waals surface area (Å²) in [7, 11) is -3.42. The number of nitrogens with one attached hydrogen (secondary N) is 2. The number of nitrogens with zero attached hydrogens (tertiary/aromatic N) is 1. The van der Waals surface area contributed by atoms with Crippen molar-refractivity contribution in [1.82, 2.24) is 9.71 Å². The van der Waals surface area contributed by atoms with Gasteiger partial charge in [0.15, 0.2) is 0 Å². The van der Waals surface area contributed by atoms with Crippen LogP contribution in [0.15, 0.2) is 40.1 Å². The number of anilines is 1. The highest BCUT2D eigenvalue weighted by Crippen LogP contribution is 2.15. The van der Waals surface area contributed by atoms with Gasteiger partial charge in [-0.15, -0.1) is 11.3 Å². The highest BCUT2D eigenvalue weighted by Gasteiger charge is 2.14. The van der Waals surface area contributed by atoms with Crippen molar-refractivity contribution in [3.63, 3.8) is 0 Å². The number of thiazole rings is 1. The molecule has 7 heteroatoms. The standard InChI is InChI=1S/C13H17N3O2S2/c1-10(2)16-20(17,18)13-5-3-11(4-6-13)14-7-12-8-19-9-15-12/h3-6,8-10,14,16H,7H2,1-2H3. The van der Waals surface area contributed by atoms with Crippen LogP contribution >= 0.6 is 11.3 Å². The molecule has 0 fully saturated rings. The first-order valence-corrected chi connectivity index (χ1v) is 8.63. The van der Waals surface area contributed by atoms with Gasteiger partial charge in [-0.25, -0.2) is 18.1 Å². The van der Waals surface area contributed by atoms with Gasteiger partial charge in [0, 0.05) is 17.1 Å². The Kier molecular flexibility index (Phi) is 4.74. The van der Waals surface area contributed by atoms with Gasteiger partial charge < -0.3 is 5.32 Å². The van der Waals surface area contributed by atoms with E-state index in [9.17, 15) is 8.42 Å². The van der Waals surface area contributed by atoms with Crippen LogP contribution in [0.3, 0.4) is 0 Å². The van der Waals surface area contributed by atoms with E-state index in [0.29, 0.717) is 6.54 Å². The van der Waals surface area contributed by atoms with Crippen molar-refractivity contribution in [3.05, 3.63) is 40.8 Å². The van der Waals surface area contributed by atoms with Crippen LogP contribution in [0.1, 0.15) is 19.5 Å². The zero-order valence-electron chi connectivity index (χ0n) is 11.3. The van der Waals surface area contributed by atoms with Crippen LogP contribution in [-0.4, -0.2) is 19.4 Å². The van der Waals surface area contributed by atoms with Crippen molar-refractivity contribution in [2.24, 2.45) is 0 Å². The van der Waals surface area contributed by atoms with E-state index in [4.69, 9.17) is 0 Å². The molecule has 1 heterocycles. The molecule has 2 rings (SSSR count). The smallest absolute Gasteiger partial charge is 0.240 e. The molecule has 2 aromatic rings. The Morgan fingerprint density at radius 1 is 1.25 bits per heavy atom. The number of benzene rings is 1. The van der Waals surface area contributed by atoms with Crippen molar-refractivity contribution in [1.29, 1.82) is 0 Å². The predicted octanol–water partition coefficient (Wildman–Crippen LogP) is 2.44. The van der Waals surface area contributed by atoms with Crippen LogP contribution in [0.4, 0.5) is 5.69 Å². The molecule has 0 unspecified atom stereocenters. The largest absolute Gasteiger partial charge is 0.379 e. The molecule has 5 nitrogen and oxygen atoms in total. The van der Waals surface area contributed by atoms with Gasteiger partial charge in [0.05, 0.1) is 22.6 Å². The van der Waals surface area contributed by atoms with E-state index in [1.54, 1.807) is 55.0 Å². The minimum absolute atomic E-state index is 0.123. The Morgan fingerprint density at radius 3 is 2.50 bits per heavy atom. The van der Waals surface area contributed by atoms with Gasteiger partial charge >= 0.3 is 0 Å². The molecule has 108 valence electrons. The Balaban J connectivity index is 2.02. The molecular weight excluding hydrogens is 294 g/mol. The maximum atomic E-state index is 12.0. The average molecular weight is 311 g/mol. The first-order chi connectivity index (χ1) is 9.47. The number of hydrogen-bond acceptors (Lipinski definition) is 5. The topological polar surface area (TPSA) is 71.1 Å². The molecule has 0 aliphatic heterocycles. The van der Waals surface area contributed by atoms with E-state index >= 15 is 0 Å². The fourth-order valence-corrected chi connectivity index (χ4v) is 3.46. The second-order valence-electron chi connectivity index (χ2n) is 4.63. The monoisotopic (exact) mass is 311 g/mol. The zero-order valence-corrected chi connectivity index (χ0v) is 13.0. The summed E-state index contributed by atoms with van der Waals surface area (Å²) in [5.41, 5.74) is 3.61. The Morgan fingerprint density at radius 2 is 1.95 bits per heavy atom. The summed E-state index contributed by atoms with van der Waals surface area (Å²) in [5, 5.41) is 5.17. The first kappa shape index (κ1) is 15.0. The quantitative estimate of drug-likeness (QED) is 0.859. The lowest BCUT2D eigenvalue weighted by Gasteiger charge is -2.10. The molecule has 0 aliphatic rings. The Bertz CT molecular complexity index is 635. The fourth-order valence-electron chi connectivity index (χ4n) is 1.65. The molecule has 0 atom stereocenters. The molecule has 0 spiro atoms. The highest BCUT2D eigenvalue weighted by atomic mass is 32.2. The van der Waals surface area contributed by atoms with Crippen LogP contribution in [0.25, 0.3) is 0 Å². The maximum absolute atomic E-state index is 12.0. The van der Waals surface area contributed by atoms with Gasteiger partial charge in [-0.05, 0) is 38.1 Å². The van der Waals surface area contributed by atoms with Crippen molar-refractivity contribution >= 4 is 27.0 Å². The van der Waals surface area contributed by atoms with E-state index in [1.807, 2.05) is 5.38 Å². The van der Waals surface area contributed by atoms with E-state index in [0.717, 1.165) is 11.4 Å². The van der Waals surface area contributed by atoms with Crippen molar-refractivity contribution in [2.75, 3.05) is 5.32 Å². The summed E-state index contributed by atoms with van der Waals surface area (Å²) < 4.78 is 26.5. The molecule has 2 N–H and O–H groups in total. The third-order valence-electron chi connectivity index (χ3n) is 2.51. The second-order valence-corrected chi connectivity index (χ2v) is 7.07. The Labute approximate surface area is 123 Å². The predicted molar refractivity (Wildman–Crippen MR) is 81.3 cm³/mol. The van der Waals surface area contributed by atoms with Gasteiger partial charge in [-0.1, -0.05) is 0 Å². The lowest BCUT2D eigenvalue weighted by Crippen LogP contribution is -2.30. The van der Waals surface area contributed by atoms with Crippen LogP contribution in [-0.2, 0) is 16.6 Å². The Hall–Kier alpha value is -1.44. The van der Waals surface area contributed by atoms with E-state index < -0.39 is 10.0 Å². The van der Waals surface area contributed by atoms with Crippen LogP contribution in [0, 0.1) is 0 Å². The van der Waals surface area contributed by atoms with Gasteiger partial charge in [-0.2, -0.15) is 0 Å². The molecule has 1 aromatic heterocycles. The summed E-state index contributed by atoms with van der Waals surface area (Å²) in [6.45, 7) is 4.21. The van der Waals surface area contributed by atoms with E-state index in [1.165, 1.54) is 0 Å². The molecule has 1 aromatic carbocycles. The molecular formula is C13H17N3O2S2. The van der Waals surface area contributed by atoms with Gasteiger partial charge in [0.1, 0.15) is 0 Å². The highest BCUT2D eigenvalue weighted by molar-refractivity contribution is 7.89. The summed E-state index contributed by atoms with van der Waals surface area (Å²) in [6, 6.07) is 6.56. The molecule has 0 saturated heterocycles. The lowest BCUT2D eigenvalue weighted by molar-refractivity contribution is 0.570. The number of rotatable bonds is 6. The van der Waals surface area contributed by atoms with Crippen LogP contribution in [0.2, 0.25) is 0 Å². The van der Waals surface area contributed by atoms with Crippen LogP contribution in [0.5, 0.6) is 0 Å². The molecule has 0 radical (unpaired) electrons. The van der Waals surface area contributed by atoms with Gasteiger partial charge in [0.25, 0.3) is 0 Å². The van der Waals surface area contributed by atoms with Crippen molar-refractivity contribution in [2.45, 2.75) is 31.3 Å². The molecule has 0 amide bonds. The van der Waals surface area contributed by atoms with Crippen molar-refractivity contribution in [3.8, 4) is 0 Å². The summed E-state index contributed by atoms with van der Waals surface area (Å²) in [6.07, 6.45) is 0.